The Kier molecular flexibility index (Phi) is 6.00. The summed E-state index contributed by atoms with van der Waals surface area (Å²) >= 11 is 1.67. The lowest BCUT2D eigenvalue weighted by atomic mass is 9.85. The Bertz CT molecular complexity index is 819. The largest absolute Gasteiger partial charge is 0.355 e. The highest BCUT2D eigenvalue weighted by Gasteiger charge is 2.27. The van der Waals surface area contributed by atoms with Gasteiger partial charge in [-0.05, 0) is 37.8 Å². The summed E-state index contributed by atoms with van der Waals surface area (Å²) in [5, 5.41) is 6.23. The predicted molar refractivity (Wildman–Crippen MR) is 108 cm³/mol. The van der Waals surface area contributed by atoms with Crippen molar-refractivity contribution in [2.75, 3.05) is 19.6 Å². The molecule has 1 saturated heterocycles. The molecule has 0 radical (unpaired) electrons. The van der Waals surface area contributed by atoms with Crippen molar-refractivity contribution in [2.24, 2.45) is 5.92 Å². The third-order valence-corrected chi connectivity index (χ3v) is 6.77. The molecule has 2 aliphatic rings. The zero-order valence-corrected chi connectivity index (χ0v) is 16.8. The van der Waals surface area contributed by atoms with Gasteiger partial charge in [0, 0.05) is 61.2 Å². The molecule has 1 saturated carbocycles. The lowest BCUT2D eigenvalue weighted by molar-refractivity contribution is -0.127. The fourth-order valence-electron chi connectivity index (χ4n) is 3.79. The van der Waals surface area contributed by atoms with E-state index in [1.54, 1.807) is 35.9 Å². The van der Waals surface area contributed by atoms with E-state index in [-0.39, 0.29) is 17.7 Å². The summed E-state index contributed by atoms with van der Waals surface area (Å²) in [6.07, 6.45) is 9.37. The van der Waals surface area contributed by atoms with Crippen LogP contribution in [0.2, 0.25) is 0 Å². The molecule has 1 aliphatic heterocycles. The normalized spacial score (nSPS) is 19.9. The molecule has 2 aromatic rings. The van der Waals surface area contributed by atoms with Crippen LogP contribution >= 0.6 is 11.3 Å². The van der Waals surface area contributed by atoms with Gasteiger partial charge in [-0.1, -0.05) is 6.42 Å². The zero-order valence-electron chi connectivity index (χ0n) is 16.0. The average Bonchev–Trinajstić information content (AvgIpc) is 3.16. The van der Waals surface area contributed by atoms with Gasteiger partial charge in [0.2, 0.25) is 5.91 Å². The maximum atomic E-state index is 12.7. The Labute approximate surface area is 169 Å². The molecule has 6 nitrogen and oxygen atoms in total. The van der Waals surface area contributed by atoms with Crippen LogP contribution in [0, 0.1) is 5.92 Å². The number of hydrogen-bond acceptors (Lipinski definition) is 5. The van der Waals surface area contributed by atoms with E-state index in [1.807, 2.05) is 4.90 Å². The molecule has 2 amide bonds. The molecule has 3 heterocycles. The van der Waals surface area contributed by atoms with Crippen molar-refractivity contribution in [2.45, 2.75) is 44.4 Å². The summed E-state index contributed by atoms with van der Waals surface area (Å²) < 4.78 is 0. The Morgan fingerprint density at radius 2 is 2.00 bits per heavy atom. The summed E-state index contributed by atoms with van der Waals surface area (Å²) in [4.78, 5) is 35.3. The second-order valence-electron chi connectivity index (χ2n) is 7.67. The molecule has 1 atom stereocenters. The number of likely N-dealkylation sites (tertiary alicyclic amines) is 1. The monoisotopic (exact) mass is 398 g/mol. The van der Waals surface area contributed by atoms with Crippen molar-refractivity contribution in [1.82, 2.24) is 20.2 Å². The molecule has 1 N–H and O–H groups in total. The average molecular weight is 399 g/mol. The number of nitrogens with zero attached hydrogens (tertiary/aromatic N) is 3. The quantitative estimate of drug-likeness (QED) is 0.812. The van der Waals surface area contributed by atoms with Crippen LogP contribution in [0.4, 0.5) is 0 Å². The van der Waals surface area contributed by atoms with Gasteiger partial charge in [0.05, 0.1) is 10.7 Å². The summed E-state index contributed by atoms with van der Waals surface area (Å²) in [7, 11) is 0. The molecule has 0 unspecified atom stereocenters. The minimum absolute atomic E-state index is 0.0718. The minimum Gasteiger partial charge on any atom is -0.355 e. The lowest BCUT2D eigenvalue weighted by Gasteiger charge is -2.31. The third kappa shape index (κ3) is 4.41. The van der Waals surface area contributed by atoms with Crippen LogP contribution in [0.3, 0.4) is 0 Å². The Balaban J connectivity index is 1.30. The van der Waals surface area contributed by atoms with Crippen LogP contribution in [0.25, 0.3) is 0 Å². The first-order valence-electron chi connectivity index (χ1n) is 10.1. The van der Waals surface area contributed by atoms with E-state index >= 15 is 0 Å². The molecular formula is C21H26N4O2S. The van der Waals surface area contributed by atoms with Gasteiger partial charge in [-0.2, -0.15) is 0 Å². The lowest BCUT2D eigenvalue weighted by Crippen LogP contribution is -2.39. The smallest absolute Gasteiger partial charge is 0.253 e. The highest BCUT2D eigenvalue weighted by molar-refractivity contribution is 7.09. The first-order valence-corrected chi connectivity index (χ1v) is 11.0. The van der Waals surface area contributed by atoms with Crippen LogP contribution in [0.1, 0.15) is 59.1 Å². The zero-order chi connectivity index (χ0) is 19.3. The van der Waals surface area contributed by atoms with Gasteiger partial charge in [-0.15, -0.1) is 11.3 Å². The first-order chi connectivity index (χ1) is 13.7. The van der Waals surface area contributed by atoms with Crippen molar-refractivity contribution >= 4 is 23.2 Å². The van der Waals surface area contributed by atoms with Crippen LogP contribution in [-0.2, 0) is 11.2 Å². The Morgan fingerprint density at radius 3 is 2.75 bits per heavy atom. The number of aromatic nitrogens is 2. The summed E-state index contributed by atoms with van der Waals surface area (Å²) in [6, 6.07) is 3.54. The number of piperidine rings is 1. The van der Waals surface area contributed by atoms with Gasteiger partial charge in [-0.3, -0.25) is 14.6 Å². The Morgan fingerprint density at radius 1 is 1.18 bits per heavy atom. The number of thiazole rings is 1. The molecule has 28 heavy (non-hydrogen) atoms. The fourth-order valence-corrected chi connectivity index (χ4v) is 4.78. The molecule has 148 valence electrons. The van der Waals surface area contributed by atoms with Crippen molar-refractivity contribution in [3.05, 3.63) is 46.2 Å². The maximum Gasteiger partial charge on any atom is 0.253 e. The third-order valence-electron chi connectivity index (χ3n) is 5.71. The number of nitrogens with one attached hydrogen (secondary N) is 1. The van der Waals surface area contributed by atoms with Crippen LogP contribution in [0.15, 0.2) is 29.9 Å². The predicted octanol–water partition coefficient (Wildman–Crippen LogP) is 3.02. The van der Waals surface area contributed by atoms with Crippen LogP contribution in [0.5, 0.6) is 0 Å². The van der Waals surface area contributed by atoms with Crippen molar-refractivity contribution < 1.29 is 9.59 Å². The van der Waals surface area contributed by atoms with Crippen molar-refractivity contribution in [3.8, 4) is 0 Å². The number of carbonyl (C=O) groups is 2. The van der Waals surface area contributed by atoms with Crippen LogP contribution in [-0.4, -0.2) is 46.3 Å². The van der Waals surface area contributed by atoms with Crippen LogP contribution < -0.4 is 5.32 Å². The van der Waals surface area contributed by atoms with Gasteiger partial charge in [0.25, 0.3) is 5.91 Å². The second-order valence-corrected chi connectivity index (χ2v) is 8.56. The van der Waals surface area contributed by atoms with E-state index in [0.29, 0.717) is 24.6 Å². The van der Waals surface area contributed by atoms with E-state index in [0.717, 1.165) is 49.4 Å². The first kappa shape index (κ1) is 19.1. The molecule has 0 aromatic carbocycles. The van der Waals surface area contributed by atoms with E-state index in [9.17, 15) is 9.59 Å². The molecule has 1 aliphatic carbocycles. The number of amides is 2. The summed E-state index contributed by atoms with van der Waals surface area (Å²) in [6.45, 7) is 2.16. The molecule has 7 heteroatoms. The van der Waals surface area contributed by atoms with Crippen molar-refractivity contribution in [3.63, 3.8) is 0 Å². The van der Waals surface area contributed by atoms with Gasteiger partial charge >= 0.3 is 0 Å². The molecule has 0 bridgehead atoms. The fraction of sp³-hybridized carbons (Fsp3) is 0.524. The van der Waals surface area contributed by atoms with Gasteiger partial charge < -0.3 is 10.2 Å². The molecule has 4 rings (SSSR count). The van der Waals surface area contributed by atoms with E-state index < -0.39 is 0 Å². The SMILES string of the molecule is O=C(NCCc1csc([C@H]2CCCN(C(=O)c3ccncc3)C2)n1)C1CCC1. The topological polar surface area (TPSA) is 75.2 Å². The number of rotatable bonds is 6. The number of hydrogen-bond donors (Lipinski definition) is 1. The van der Waals surface area contributed by atoms with Crippen molar-refractivity contribution in [1.29, 1.82) is 0 Å². The highest BCUT2D eigenvalue weighted by Crippen LogP contribution is 2.30. The molecular weight excluding hydrogens is 372 g/mol. The maximum absolute atomic E-state index is 12.7. The highest BCUT2D eigenvalue weighted by atomic mass is 32.1. The van der Waals surface area contributed by atoms with Gasteiger partial charge in [0.15, 0.2) is 0 Å². The molecule has 2 aromatic heterocycles. The minimum atomic E-state index is 0.0718. The van der Waals surface area contributed by atoms with Gasteiger partial charge in [0.1, 0.15) is 0 Å². The standard InChI is InChI=1S/C21H26N4O2S/c26-19(15-3-1-4-15)23-11-8-18-14-28-20(24-18)17-5-2-12-25(13-17)21(27)16-6-9-22-10-7-16/h6-7,9-10,14-15,17H,1-5,8,11-13H2,(H,23,26)/t17-/m0/s1. The van der Waals surface area contributed by atoms with E-state index in [4.69, 9.17) is 4.98 Å². The van der Waals surface area contributed by atoms with Gasteiger partial charge in [-0.25, -0.2) is 4.98 Å². The number of pyridine rings is 1. The summed E-state index contributed by atoms with van der Waals surface area (Å²) in [5.74, 6) is 0.793. The summed E-state index contributed by atoms with van der Waals surface area (Å²) in [5.41, 5.74) is 1.73. The second kappa shape index (κ2) is 8.82. The van der Waals surface area contributed by atoms with E-state index in [1.165, 1.54) is 6.42 Å². The Hall–Kier alpha value is -2.28. The molecule has 2 fully saturated rings. The van der Waals surface area contributed by atoms with E-state index in [2.05, 4.69) is 15.7 Å². The number of carbonyl (C=O) groups excluding carboxylic acids is 2. The molecule has 0 spiro atoms.